The van der Waals surface area contributed by atoms with Crippen molar-refractivity contribution in [1.82, 2.24) is 9.97 Å². The number of carbonyl (C=O) groups is 1. The first kappa shape index (κ1) is 21.8. The minimum atomic E-state index is -0.638. The van der Waals surface area contributed by atoms with Crippen molar-refractivity contribution in [3.63, 3.8) is 0 Å². The van der Waals surface area contributed by atoms with Crippen molar-refractivity contribution in [2.45, 2.75) is 26.3 Å². The molecule has 0 saturated carbocycles. The van der Waals surface area contributed by atoms with Gasteiger partial charge in [-0.15, -0.1) is 0 Å². The zero-order valence-electron chi connectivity index (χ0n) is 16.5. The van der Waals surface area contributed by atoms with E-state index in [0.29, 0.717) is 29.8 Å². The molecule has 29 heavy (non-hydrogen) atoms. The highest BCUT2D eigenvalue weighted by molar-refractivity contribution is 6.14. The standard InChI is InChI=1S/C19H27N9O/c1-12(2)8-15(10-21)26-19-23-11-16(17(22)29)18(27-19)25-13-4-3-5-14(9-13)28-24-7-6-20/h3-7,9,11-12,15,20,28H,8,10,21H2,1-2H3,(H2,22,29)(H2,23,25,26,27)/b20-6?,24-7-/t15-/m1/s1. The van der Waals surface area contributed by atoms with E-state index in [-0.39, 0.29) is 17.4 Å². The Morgan fingerprint density at radius 2 is 2.10 bits per heavy atom. The molecule has 1 amide bonds. The quantitative estimate of drug-likeness (QED) is 0.249. The van der Waals surface area contributed by atoms with Gasteiger partial charge in [0.25, 0.3) is 5.91 Å². The van der Waals surface area contributed by atoms with Crippen LogP contribution in [0.25, 0.3) is 0 Å². The summed E-state index contributed by atoms with van der Waals surface area (Å²) < 4.78 is 0. The molecule has 8 N–H and O–H groups in total. The highest BCUT2D eigenvalue weighted by atomic mass is 16.1. The van der Waals surface area contributed by atoms with E-state index in [1.54, 1.807) is 6.07 Å². The van der Waals surface area contributed by atoms with E-state index < -0.39 is 5.91 Å². The Hall–Kier alpha value is -3.53. The zero-order valence-corrected chi connectivity index (χ0v) is 16.5. The van der Waals surface area contributed by atoms with Crippen molar-refractivity contribution < 1.29 is 4.79 Å². The number of nitrogens with one attached hydrogen (secondary N) is 4. The summed E-state index contributed by atoms with van der Waals surface area (Å²) in [4.78, 5) is 20.4. The maximum absolute atomic E-state index is 11.8. The molecule has 2 aromatic rings. The molecular formula is C19H27N9O. The summed E-state index contributed by atoms with van der Waals surface area (Å²) in [6.45, 7) is 4.66. The summed E-state index contributed by atoms with van der Waals surface area (Å²) in [6, 6.07) is 7.23. The molecule has 1 heterocycles. The van der Waals surface area contributed by atoms with Gasteiger partial charge in [0.2, 0.25) is 5.95 Å². The van der Waals surface area contributed by atoms with Gasteiger partial charge in [0.15, 0.2) is 0 Å². The zero-order chi connectivity index (χ0) is 21.2. The first-order valence-electron chi connectivity index (χ1n) is 9.21. The highest BCUT2D eigenvalue weighted by Gasteiger charge is 2.15. The lowest BCUT2D eigenvalue weighted by atomic mass is 10.0. The van der Waals surface area contributed by atoms with Gasteiger partial charge < -0.3 is 27.5 Å². The number of benzene rings is 1. The van der Waals surface area contributed by atoms with Gasteiger partial charge in [-0.3, -0.25) is 10.2 Å². The summed E-state index contributed by atoms with van der Waals surface area (Å²) in [7, 11) is 0. The molecule has 10 heteroatoms. The number of carbonyl (C=O) groups excluding carboxylic acids is 1. The number of hydrazone groups is 1. The van der Waals surface area contributed by atoms with E-state index in [1.807, 2.05) is 18.2 Å². The summed E-state index contributed by atoms with van der Waals surface area (Å²) in [6.07, 6.45) is 4.64. The molecule has 0 aliphatic heterocycles. The number of rotatable bonds is 11. The molecule has 0 aliphatic carbocycles. The molecule has 0 aliphatic rings. The van der Waals surface area contributed by atoms with Gasteiger partial charge >= 0.3 is 0 Å². The fourth-order valence-electron chi connectivity index (χ4n) is 2.64. The van der Waals surface area contributed by atoms with Crippen molar-refractivity contribution in [3.05, 3.63) is 36.0 Å². The van der Waals surface area contributed by atoms with E-state index >= 15 is 0 Å². The Balaban J connectivity index is 2.26. The van der Waals surface area contributed by atoms with Crippen molar-refractivity contribution >= 4 is 41.5 Å². The lowest BCUT2D eigenvalue weighted by molar-refractivity contribution is 0.100. The minimum absolute atomic E-state index is 0.0153. The smallest absolute Gasteiger partial charge is 0.254 e. The second-order valence-corrected chi connectivity index (χ2v) is 6.79. The van der Waals surface area contributed by atoms with Gasteiger partial charge in [0.05, 0.1) is 11.9 Å². The van der Waals surface area contributed by atoms with Gasteiger partial charge in [-0.25, -0.2) is 4.98 Å². The van der Waals surface area contributed by atoms with Crippen molar-refractivity contribution in [3.8, 4) is 0 Å². The first-order valence-corrected chi connectivity index (χ1v) is 9.21. The average molecular weight is 397 g/mol. The molecular weight excluding hydrogens is 370 g/mol. The number of aromatic nitrogens is 2. The molecule has 10 nitrogen and oxygen atoms in total. The first-order chi connectivity index (χ1) is 13.9. The highest BCUT2D eigenvalue weighted by Crippen LogP contribution is 2.22. The third-order valence-electron chi connectivity index (χ3n) is 3.90. The number of hydrogen-bond acceptors (Lipinski definition) is 9. The molecule has 0 bridgehead atoms. The number of primary amides is 1. The van der Waals surface area contributed by atoms with Crippen LogP contribution in [0.15, 0.2) is 35.6 Å². The van der Waals surface area contributed by atoms with Gasteiger partial charge in [-0.05, 0) is 30.5 Å². The van der Waals surface area contributed by atoms with Crippen molar-refractivity contribution in [2.75, 3.05) is 22.6 Å². The fraction of sp³-hybridized carbons (Fsp3) is 0.316. The summed E-state index contributed by atoms with van der Waals surface area (Å²) in [5, 5.41) is 17.1. The normalized spacial score (nSPS) is 12.0. The second-order valence-electron chi connectivity index (χ2n) is 6.79. The summed E-state index contributed by atoms with van der Waals surface area (Å²) in [5.74, 6) is 0.472. The molecule has 1 aromatic carbocycles. The van der Waals surface area contributed by atoms with Crippen LogP contribution in [0, 0.1) is 11.3 Å². The van der Waals surface area contributed by atoms with Crippen LogP contribution >= 0.6 is 0 Å². The molecule has 0 unspecified atom stereocenters. The van der Waals surface area contributed by atoms with Crippen LogP contribution in [-0.2, 0) is 0 Å². The van der Waals surface area contributed by atoms with E-state index in [1.165, 1.54) is 12.4 Å². The molecule has 0 radical (unpaired) electrons. The van der Waals surface area contributed by atoms with Gasteiger partial charge in [-0.1, -0.05) is 19.9 Å². The monoisotopic (exact) mass is 397 g/mol. The fourth-order valence-corrected chi connectivity index (χ4v) is 2.64. The molecule has 0 fully saturated rings. The lowest BCUT2D eigenvalue weighted by Gasteiger charge is -2.19. The van der Waals surface area contributed by atoms with Crippen LogP contribution in [0.1, 0.15) is 30.6 Å². The van der Waals surface area contributed by atoms with E-state index in [2.05, 4.69) is 45.0 Å². The number of nitrogens with two attached hydrogens (primary N) is 2. The van der Waals surface area contributed by atoms with E-state index in [0.717, 1.165) is 12.6 Å². The topological polar surface area (TPSA) is 167 Å². The maximum atomic E-state index is 11.8. The lowest BCUT2D eigenvalue weighted by Crippen LogP contribution is -2.31. The molecule has 2 rings (SSSR count). The van der Waals surface area contributed by atoms with E-state index in [9.17, 15) is 4.79 Å². The van der Waals surface area contributed by atoms with Crippen molar-refractivity contribution in [1.29, 1.82) is 5.41 Å². The Kier molecular flexibility index (Phi) is 8.04. The SMILES string of the molecule is CC(C)C[C@H](CN)Nc1ncc(C(N)=O)c(Nc2cccc(N/N=C\C=N)c2)n1. The number of hydrogen-bond donors (Lipinski definition) is 6. The number of nitrogens with zero attached hydrogens (tertiary/aromatic N) is 3. The van der Waals surface area contributed by atoms with Gasteiger partial charge in [0, 0.05) is 30.7 Å². The molecule has 1 atom stereocenters. The summed E-state index contributed by atoms with van der Waals surface area (Å²) in [5.41, 5.74) is 15.6. The minimum Gasteiger partial charge on any atom is -0.365 e. The largest absolute Gasteiger partial charge is 0.365 e. The predicted molar refractivity (Wildman–Crippen MR) is 117 cm³/mol. The maximum Gasteiger partial charge on any atom is 0.254 e. The molecule has 0 spiro atoms. The third kappa shape index (κ3) is 6.85. The molecule has 0 saturated heterocycles. The second kappa shape index (κ2) is 10.7. The Labute approximate surface area is 169 Å². The predicted octanol–water partition coefficient (Wildman–Crippen LogP) is 2.15. The van der Waals surface area contributed by atoms with E-state index in [4.69, 9.17) is 16.9 Å². The van der Waals surface area contributed by atoms with Crippen LogP contribution in [0.5, 0.6) is 0 Å². The number of amides is 1. The van der Waals surface area contributed by atoms with Crippen LogP contribution < -0.4 is 27.5 Å². The van der Waals surface area contributed by atoms with Crippen molar-refractivity contribution in [2.24, 2.45) is 22.5 Å². The summed E-state index contributed by atoms with van der Waals surface area (Å²) >= 11 is 0. The average Bonchev–Trinajstić information content (AvgIpc) is 2.67. The number of anilines is 4. The van der Waals surface area contributed by atoms with Crippen LogP contribution in [0.2, 0.25) is 0 Å². The van der Waals surface area contributed by atoms with Crippen LogP contribution in [-0.4, -0.2) is 40.9 Å². The molecule has 1 aromatic heterocycles. The van der Waals surface area contributed by atoms with Gasteiger partial charge in [0.1, 0.15) is 11.4 Å². The Morgan fingerprint density at radius 1 is 1.34 bits per heavy atom. The van der Waals surface area contributed by atoms with Gasteiger partial charge in [-0.2, -0.15) is 10.1 Å². The Morgan fingerprint density at radius 3 is 2.76 bits per heavy atom. The Bertz CT molecular complexity index is 867. The third-order valence-corrected chi connectivity index (χ3v) is 3.90. The molecule has 154 valence electrons. The van der Waals surface area contributed by atoms with Crippen LogP contribution in [0.4, 0.5) is 23.1 Å². The van der Waals surface area contributed by atoms with Crippen LogP contribution in [0.3, 0.4) is 0 Å².